The van der Waals surface area contributed by atoms with Gasteiger partial charge < -0.3 is 20.1 Å². The molecule has 5 rings (SSSR count). The molecule has 4 aromatic rings. The van der Waals surface area contributed by atoms with E-state index in [0.29, 0.717) is 28.2 Å². The maximum atomic E-state index is 13.7. The molecule has 2 aromatic carbocycles. The summed E-state index contributed by atoms with van der Waals surface area (Å²) in [5.74, 6) is 0.418. The maximum absolute atomic E-state index is 13.7. The number of halogens is 1. The third kappa shape index (κ3) is 3.35. The third-order valence-electron chi connectivity index (χ3n) is 5.78. The minimum absolute atomic E-state index is 0.206. The molecule has 0 bridgehead atoms. The van der Waals surface area contributed by atoms with Crippen LogP contribution in [0.5, 0.6) is 11.6 Å². The molecular weight excluding hydrogens is 448 g/mol. The van der Waals surface area contributed by atoms with Crippen LogP contribution < -0.4 is 15.6 Å². The zero-order valence-corrected chi connectivity index (χ0v) is 19.0. The van der Waals surface area contributed by atoms with Gasteiger partial charge in [-0.3, -0.25) is 9.36 Å². The number of hydrogen-bond acceptors (Lipinski definition) is 6. The first-order chi connectivity index (χ1) is 15.5. The number of aromatic nitrogens is 3. The van der Waals surface area contributed by atoms with E-state index in [9.17, 15) is 9.90 Å². The van der Waals surface area contributed by atoms with Crippen LogP contribution in [0, 0.1) is 0 Å². The fraction of sp³-hybridized carbons (Fsp3) is 0.217. The molecule has 3 heterocycles. The second-order valence-electron chi connectivity index (χ2n) is 7.52. The average molecular weight is 469 g/mol. The molecule has 164 valence electrons. The second kappa shape index (κ2) is 8.20. The smallest absolute Gasteiger partial charge is 0.267 e. The molecule has 1 aliphatic rings. The molecule has 0 saturated heterocycles. The highest BCUT2D eigenvalue weighted by molar-refractivity contribution is 7.98. The second-order valence-corrected chi connectivity index (χ2v) is 8.73. The van der Waals surface area contributed by atoms with Crippen LogP contribution in [-0.4, -0.2) is 39.6 Å². The van der Waals surface area contributed by atoms with Gasteiger partial charge in [0.2, 0.25) is 5.88 Å². The maximum Gasteiger partial charge on any atom is 0.267 e. The number of nitrogens with zero attached hydrogens (tertiary/aromatic N) is 2. The van der Waals surface area contributed by atoms with Crippen LogP contribution >= 0.6 is 23.4 Å². The van der Waals surface area contributed by atoms with Crippen molar-refractivity contribution in [2.75, 3.05) is 19.9 Å². The third-order valence-corrected chi connectivity index (χ3v) is 6.66. The van der Waals surface area contributed by atoms with Crippen molar-refractivity contribution in [3.05, 3.63) is 74.7 Å². The number of benzene rings is 2. The van der Waals surface area contributed by atoms with Gasteiger partial charge in [-0.05, 0) is 60.7 Å². The van der Waals surface area contributed by atoms with E-state index in [0.717, 1.165) is 28.6 Å². The summed E-state index contributed by atoms with van der Waals surface area (Å²) in [6.45, 7) is 0.656. The van der Waals surface area contributed by atoms with Crippen LogP contribution in [0.1, 0.15) is 22.9 Å². The van der Waals surface area contributed by atoms with E-state index < -0.39 is 6.04 Å². The fourth-order valence-corrected chi connectivity index (χ4v) is 5.02. The molecule has 1 atom stereocenters. The minimum Gasteiger partial charge on any atom is -0.497 e. The van der Waals surface area contributed by atoms with Crippen molar-refractivity contribution in [3.8, 4) is 17.3 Å². The molecule has 0 radical (unpaired) electrons. The van der Waals surface area contributed by atoms with E-state index in [1.165, 1.54) is 16.3 Å². The number of methoxy groups -OCH3 is 1. The number of fused-ring (bicyclic) bond motifs is 3. The number of rotatable bonds is 4. The molecule has 0 fully saturated rings. The minimum atomic E-state index is -0.523. The van der Waals surface area contributed by atoms with Gasteiger partial charge in [-0.1, -0.05) is 23.4 Å². The Morgan fingerprint density at radius 3 is 2.75 bits per heavy atom. The van der Waals surface area contributed by atoms with Gasteiger partial charge in [0.05, 0.1) is 18.8 Å². The number of hydrogen-bond donors (Lipinski definition) is 3. The van der Waals surface area contributed by atoms with Gasteiger partial charge >= 0.3 is 0 Å². The van der Waals surface area contributed by atoms with Gasteiger partial charge in [0, 0.05) is 28.2 Å². The number of aromatic hydroxyl groups is 1. The summed E-state index contributed by atoms with van der Waals surface area (Å²) in [5.41, 5.74) is 3.41. The Hall–Kier alpha value is -2.94. The van der Waals surface area contributed by atoms with Crippen LogP contribution in [0.2, 0.25) is 5.02 Å². The predicted octanol–water partition coefficient (Wildman–Crippen LogP) is 4.04. The Labute approximate surface area is 193 Å². The van der Waals surface area contributed by atoms with Gasteiger partial charge in [-0.25, -0.2) is 0 Å². The summed E-state index contributed by atoms with van der Waals surface area (Å²) < 4.78 is 6.76. The molecule has 2 aromatic heterocycles. The summed E-state index contributed by atoms with van der Waals surface area (Å²) in [5, 5.41) is 16.3. The topological polar surface area (TPSA) is 92.2 Å². The first kappa shape index (κ1) is 20.9. The number of H-pyrrole nitrogens is 1. The molecule has 7 nitrogen and oxygen atoms in total. The van der Waals surface area contributed by atoms with Crippen molar-refractivity contribution < 1.29 is 9.84 Å². The van der Waals surface area contributed by atoms with Gasteiger partial charge in [-0.2, -0.15) is 4.98 Å². The molecule has 32 heavy (non-hydrogen) atoms. The van der Waals surface area contributed by atoms with Crippen molar-refractivity contribution in [3.63, 3.8) is 0 Å². The van der Waals surface area contributed by atoms with Gasteiger partial charge in [0.15, 0.2) is 5.16 Å². The molecule has 0 unspecified atom stereocenters. The Morgan fingerprint density at radius 2 is 2.03 bits per heavy atom. The van der Waals surface area contributed by atoms with Gasteiger partial charge in [-0.15, -0.1) is 0 Å². The summed E-state index contributed by atoms with van der Waals surface area (Å²) in [6.07, 6.45) is 2.61. The molecule has 9 heteroatoms. The summed E-state index contributed by atoms with van der Waals surface area (Å²) in [7, 11) is 1.59. The number of ether oxygens (including phenoxy) is 1. The van der Waals surface area contributed by atoms with E-state index in [4.69, 9.17) is 16.3 Å². The first-order valence-electron chi connectivity index (χ1n) is 10.1. The van der Waals surface area contributed by atoms with Crippen LogP contribution in [-0.2, 0) is 6.42 Å². The predicted molar refractivity (Wildman–Crippen MR) is 127 cm³/mol. The molecule has 0 amide bonds. The zero-order chi connectivity index (χ0) is 22.4. The Morgan fingerprint density at radius 1 is 1.25 bits per heavy atom. The van der Waals surface area contributed by atoms with Crippen LogP contribution in [0.4, 0.5) is 0 Å². The Balaban J connectivity index is 1.71. The van der Waals surface area contributed by atoms with E-state index in [-0.39, 0.29) is 17.0 Å². The van der Waals surface area contributed by atoms with Crippen LogP contribution in [0.15, 0.2) is 52.4 Å². The SMILES string of the molecule is COc1ccc(-n2c(SC)nc(O)c([C@H]3NCCc4c3[nH]c3ccc(Cl)cc43)c2=O)cc1. The molecule has 0 saturated carbocycles. The molecule has 0 aliphatic carbocycles. The molecule has 0 spiro atoms. The molecule has 1 aliphatic heterocycles. The monoisotopic (exact) mass is 468 g/mol. The Kier molecular flexibility index (Phi) is 5.36. The summed E-state index contributed by atoms with van der Waals surface area (Å²) in [6, 6.07) is 12.3. The average Bonchev–Trinajstić information content (AvgIpc) is 3.17. The Bertz CT molecular complexity index is 1380. The lowest BCUT2D eigenvalue weighted by Gasteiger charge is -2.25. The van der Waals surface area contributed by atoms with Crippen molar-refractivity contribution >= 4 is 34.3 Å². The van der Waals surface area contributed by atoms with E-state index in [1.54, 1.807) is 31.4 Å². The zero-order valence-electron chi connectivity index (χ0n) is 17.5. The fourth-order valence-electron chi connectivity index (χ4n) is 4.30. The first-order valence-corrected chi connectivity index (χ1v) is 11.7. The standard InChI is InChI=1S/C23H21ClN4O3S/c1-31-14-6-4-13(5-7-14)28-22(30)18(21(29)27-23(28)32-2)20-19-15(9-10-25-20)16-11-12(24)3-8-17(16)26-19/h3-8,11,20,25-26,29H,9-10H2,1-2H3/t20-/m1/s1. The van der Waals surface area contributed by atoms with E-state index in [1.807, 2.05) is 24.5 Å². The number of nitrogens with one attached hydrogen (secondary N) is 2. The summed E-state index contributed by atoms with van der Waals surface area (Å²) in [4.78, 5) is 21.5. The number of thioether (sulfide) groups is 1. The van der Waals surface area contributed by atoms with Gasteiger partial charge in [0.1, 0.15) is 11.3 Å². The quantitative estimate of drug-likeness (QED) is 0.309. The largest absolute Gasteiger partial charge is 0.497 e. The lowest BCUT2D eigenvalue weighted by atomic mass is 9.95. The lowest BCUT2D eigenvalue weighted by Crippen LogP contribution is -2.36. The van der Waals surface area contributed by atoms with E-state index >= 15 is 0 Å². The highest BCUT2D eigenvalue weighted by Gasteiger charge is 2.31. The lowest BCUT2D eigenvalue weighted by molar-refractivity contribution is 0.413. The number of aromatic amines is 1. The van der Waals surface area contributed by atoms with E-state index in [2.05, 4.69) is 15.3 Å². The van der Waals surface area contributed by atoms with Crippen molar-refractivity contribution in [2.45, 2.75) is 17.6 Å². The highest BCUT2D eigenvalue weighted by atomic mass is 35.5. The van der Waals surface area contributed by atoms with Crippen LogP contribution in [0.3, 0.4) is 0 Å². The van der Waals surface area contributed by atoms with Gasteiger partial charge in [0.25, 0.3) is 5.56 Å². The highest BCUT2D eigenvalue weighted by Crippen LogP contribution is 2.36. The van der Waals surface area contributed by atoms with Crippen LogP contribution in [0.25, 0.3) is 16.6 Å². The normalized spacial score (nSPS) is 15.7. The van der Waals surface area contributed by atoms with Crippen molar-refractivity contribution in [2.24, 2.45) is 0 Å². The van der Waals surface area contributed by atoms with Crippen molar-refractivity contribution in [1.82, 2.24) is 19.9 Å². The van der Waals surface area contributed by atoms with Crippen molar-refractivity contribution in [1.29, 1.82) is 0 Å². The molecular formula is C23H21ClN4O3S. The summed E-state index contributed by atoms with van der Waals surface area (Å²) >= 11 is 7.51. The molecule has 3 N–H and O–H groups in total.